The van der Waals surface area contributed by atoms with Gasteiger partial charge in [0.2, 0.25) is 5.91 Å². The average Bonchev–Trinajstić information content (AvgIpc) is 3.41. The van der Waals surface area contributed by atoms with E-state index >= 15 is 0 Å². The van der Waals surface area contributed by atoms with Gasteiger partial charge in [-0.1, -0.05) is 12.1 Å². The zero-order valence-corrected chi connectivity index (χ0v) is 14.9. The van der Waals surface area contributed by atoms with Gasteiger partial charge in [-0.15, -0.1) is 0 Å². The van der Waals surface area contributed by atoms with E-state index in [2.05, 4.69) is 50.1 Å². The molecule has 0 unspecified atom stereocenters. The molecule has 1 saturated carbocycles. The standard InChI is InChI=1S/C18H29N5O/c1-4-19-18(21-12-11-20-17(24)15-7-8-15)22-13-14-5-9-16(10-6-14)23(2)3/h5-6,9-10,15H,4,7-8,11-13H2,1-3H3,(H,20,24)(H2,19,21,22). The molecule has 1 aromatic carbocycles. The van der Waals surface area contributed by atoms with Crippen LogP contribution in [0.2, 0.25) is 0 Å². The van der Waals surface area contributed by atoms with Gasteiger partial charge >= 0.3 is 0 Å². The second-order valence-corrected chi connectivity index (χ2v) is 6.25. The van der Waals surface area contributed by atoms with E-state index < -0.39 is 0 Å². The first-order chi connectivity index (χ1) is 11.6. The van der Waals surface area contributed by atoms with E-state index in [9.17, 15) is 4.79 Å². The van der Waals surface area contributed by atoms with Gasteiger partial charge in [-0.25, -0.2) is 4.99 Å². The number of hydrogen-bond donors (Lipinski definition) is 3. The molecule has 24 heavy (non-hydrogen) atoms. The number of amides is 1. The minimum atomic E-state index is 0.180. The highest BCUT2D eigenvalue weighted by atomic mass is 16.2. The van der Waals surface area contributed by atoms with Gasteiger partial charge in [-0.05, 0) is 37.5 Å². The molecule has 0 bridgehead atoms. The van der Waals surface area contributed by atoms with Gasteiger partial charge in [0, 0.05) is 45.3 Å². The second-order valence-electron chi connectivity index (χ2n) is 6.25. The Morgan fingerprint density at radius 1 is 1.12 bits per heavy atom. The maximum absolute atomic E-state index is 11.6. The predicted molar refractivity (Wildman–Crippen MR) is 99.3 cm³/mol. The first-order valence-corrected chi connectivity index (χ1v) is 8.66. The third-order valence-corrected chi connectivity index (χ3v) is 3.88. The van der Waals surface area contributed by atoms with Crippen molar-refractivity contribution < 1.29 is 4.79 Å². The SMILES string of the molecule is CCNC(=NCc1ccc(N(C)C)cc1)NCCNC(=O)C1CC1. The number of carbonyl (C=O) groups is 1. The van der Waals surface area contributed by atoms with Gasteiger partial charge in [-0.2, -0.15) is 0 Å². The number of benzene rings is 1. The Hall–Kier alpha value is -2.24. The fraction of sp³-hybridized carbons (Fsp3) is 0.556. The maximum Gasteiger partial charge on any atom is 0.223 e. The number of nitrogens with zero attached hydrogens (tertiary/aromatic N) is 2. The maximum atomic E-state index is 11.6. The van der Waals surface area contributed by atoms with Gasteiger partial charge in [-0.3, -0.25) is 4.79 Å². The van der Waals surface area contributed by atoms with E-state index in [-0.39, 0.29) is 11.8 Å². The normalized spacial score (nSPS) is 14.2. The van der Waals surface area contributed by atoms with Crippen LogP contribution in [0.3, 0.4) is 0 Å². The molecule has 1 aliphatic rings. The monoisotopic (exact) mass is 331 g/mol. The summed E-state index contributed by atoms with van der Waals surface area (Å²) in [6, 6.07) is 8.38. The molecular formula is C18H29N5O. The molecule has 0 radical (unpaired) electrons. The quantitative estimate of drug-likeness (QED) is 0.382. The van der Waals surface area contributed by atoms with Crippen LogP contribution in [0.1, 0.15) is 25.3 Å². The van der Waals surface area contributed by atoms with Gasteiger partial charge < -0.3 is 20.9 Å². The zero-order valence-electron chi connectivity index (χ0n) is 14.9. The smallest absolute Gasteiger partial charge is 0.223 e. The van der Waals surface area contributed by atoms with Crippen LogP contribution in [0.15, 0.2) is 29.3 Å². The molecule has 0 atom stereocenters. The summed E-state index contributed by atoms with van der Waals surface area (Å²) < 4.78 is 0. The van der Waals surface area contributed by atoms with Gasteiger partial charge in [0.25, 0.3) is 0 Å². The number of nitrogens with one attached hydrogen (secondary N) is 3. The van der Waals surface area contributed by atoms with E-state index in [0.717, 1.165) is 25.3 Å². The zero-order chi connectivity index (χ0) is 17.4. The largest absolute Gasteiger partial charge is 0.378 e. The minimum absolute atomic E-state index is 0.180. The molecule has 1 fully saturated rings. The van der Waals surface area contributed by atoms with Crippen molar-refractivity contribution in [2.45, 2.75) is 26.3 Å². The highest BCUT2D eigenvalue weighted by Gasteiger charge is 2.28. The molecule has 1 aliphatic carbocycles. The molecule has 0 saturated heterocycles. The van der Waals surface area contributed by atoms with Crippen LogP contribution in [0, 0.1) is 5.92 Å². The van der Waals surface area contributed by atoms with Crippen molar-refractivity contribution in [2.75, 3.05) is 38.6 Å². The predicted octanol–water partition coefficient (Wildman–Crippen LogP) is 1.33. The fourth-order valence-electron chi connectivity index (χ4n) is 2.27. The van der Waals surface area contributed by atoms with Crippen LogP contribution in [0.4, 0.5) is 5.69 Å². The fourth-order valence-corrected chi connectivity index (χ4v) is 2.27. The van der Waals surface area contributed by atoms with Crippen molar-refractivity contribution in [2.24, 2.45) is 10.9 Å². The Bertz CT molecular complexity index is 549. The third kappa shape index (κ3) is 6.10. The van der Waals surface area contributed by atoms with Crippen molar-refractivity contribution in [3.63, 3.8) is 0 Å². The van der Waals surface area contributed by atoms with E-state index in [1.807, 2.05) is 21.0 Å². The van der Waals surface area contributed by atoms with Crippen LogP contribution in [-0.4, -0.2) is 45.6 Å². The number of aliphatic imine (C=N–C) groups is 1. The molecule has 1 aromatic rings. The molecule has 6 heteroatoms. The van der Waals surface area contributed by atoms with E-state index in [1.54, 1.807) is 0 Å². The van der Waals surface area contributed by atoms with E-state index in [1.165, 1.54) is 11.3 Å². The van der Waals surface area contributed by atoms with E-state index in [4.69, 9.17) is 0 Å². The molecule has 2 rings (SSSR count). The second kappa shape index (κ2) is 9.15. The Balaban J connectivity index is 1.77. The van der Waals surface area contributed by atoms with Crippen LogP contribution >= 0.6 is 0 Å². The lowest BCUT2D eigenvalue weighted by Gasteiger charge is -2.13. The summed E-state index contributed by atoms with van der Waals surface area (Å²) in [4.78, 5) is 18.2. The van der Waals surface area contributed by atoms with Crippen LogP contribution in [0.5, 0.6) is 0 Å². The summed E-state index contributed by atoms with van der Waals surface area (Å²) in [5, 5.41) is 9.42. The van der Waals surface area contributed by atoms with Crippen molar-refractivity contribution >= 4 is 17.6 Å². The first-order valence-electron chi connectivity index (χ1n) is 8.66. The van der Waals surface area contributed by atoms with Crippen LogP contribution in [-0.2, 0) is 11.3 Å². The lowest BCUT2D eigenvalue weighted by Crippen LogP contribution is -2.41. The van der Waals surface area contributed by atoms with Crippen molar-refractivity contribution in [1.29, 1.82) is 0 Å². The molecule has 1 amide bonds. The molecule has 0 aliphatic heterocycles. The highest BCUT2D eigenvalue weighted by Crippen LogP contribution is 2.28. The van der Waals surface area contributed by atoms with Crippen LogP contribution < -0.4 is 20.9 Å². The summed E-state index contributed by atoms with van der Waals surface area (Å²) in [5.74, 6) is 1.21. The lowest BCUT2D eigenvalue weighted by atomic mass is 10.2. The summed E-state index contributed by atoms with van der Waals surface area (Å²) in [5.41, 5.74) is 2.35. The van der Waals surface area contributed by atoms with Crippen molar-refractivity contribution in [3.8, 4) is 0 Å². The van der Waals surface area contributed by atoms with E-state index in [0.29, 0.717) is 19.6 Å². The number of anilines is 1. The summed E-state index contributed by atoms with van der Waals surface area (Å²) in [6.07, 6.45) is 2.08. The molecule has 132 valence electrons. The lowest BCUT2D eigenvalue weighted by molar-refractivity contribution is -0.122. The first kappa shape index (κ1) is 18.1. The number of carbonyl (C=O) groups excluding carboxylic acids is 1. The van der Waals surface area contributed by atoms with Gasteiger partial charge in [0.1, 0.15) is 0 Å². The van der Waals surface area contributed by atoms with Crippen molar-refractivity contribution in [1.82, 2.24) is 16.0 Å². The van der Waals surface area contributed by atoms with Gasteiger partial charge in [0.05, 0.1) is 6.54 Å². The van der Waals surface area contributed by atoms with Crippen LogP contribution in [0.25, 0.3) is 0 Å². The molecular weight excluding hydrogens is 302 g/mol. The highest BCUT2D eigenvalue weighted by molar-refractivity contribution is 5.81. The molecule has 0 heterocycles. The summed E-state index contributed by atoms with van der Waals surface area (Å²) in [6.45, 7) is 4.76. The Morgan fingerprint density at radius 3 is 2.38 bits per heavy atom. The average molecular weight is 331 g/mol. The summed E-state index contributed by atoms with van der Waals surface area (Å²) >= 11 is 0. The minimum Gasteiger partial charge on any atom is -0.378 e. The molecule has 0 spiro atoms. The molecule has 6 nitrogen and oxygen atoms in total. The van der Waals surface area contributed by atoms with Crippen molar-refractivity contribution in [3.05, 3.63) is 29.8 Å². The molecule has 3 N–H and O–H groups in total. The third-order valence-electron chi connectivity index (χ3n) is 3.88. The Kier molecular flexibility index (Phi) is 6.90. The number of hydrogen-bond acceptors (Lipinski definition) is 3. The number of rotatable bonds is 8. The van der Waals surface area contributed by atoms with Gasteiger partial charge in [0.15, 0.2) is 5.96 Å². The topological polar surface area (TPSA) is 68.8 Å². The number of guanidine groups is 1. The molecule has 0 aromatic heterocycles. The Morgan fingerprint density at radius 2 is 1.79 bits per heavy atom. The summed E-state index contributed by atoms with van der Waals surface area (Å²) in [7, 11) is 4.06. The Labute approximate surface area is 144 Å².